The zero-order valence-corrected chi connectivity index (χ0v) is 11.2. The van der Waals surface area contributed by atoms with Gasteiger partial charge in [0.2, 0.25) is 0 Å². The first-order chi connectivity index (χ1) is 9.67. The summed E-state index contributed by atoms with van der Waals surface area (Å²) in [7, 11) is 0. The van der Waals surface area contributed by atoms with Crippen molar-refractivity contribution in [3.8, 4) is 11.3 Å². The number of benzene rings is 1. The number of nitrogen functional groups attached to an aromatic ring is 1. The number of hydrazine groups is 1. The molecular weight excluding hydrogens is 256 g/mol. The Morgan fingerprint density at radius 2 is 2.05 bits per heavy atom. The molecule has 1 aromatic carbocycles. The van der Waals surface area contributed by atoms with Gasteiger partial charge in [0, 0.05) is 12.1 Å². The summed E-state index contributed by atoms with van der Waals surface area (Å²) < 4.78 is 1.30. The molecule has 0 atom stereocenters. The molecule has 0 radical (unpaired) electrons. The number of nitrogens with two attached hydrogens (primary N) is 1. The molecule has 1 aromatic heterocycles. The third-order valence-corrected chi connectivity index (χ3v) is 2.86. The molecule has 1 amide bonds. The lowest BCUT2D eigenvalue weighted by Crippen LogP contribution is -2.37. The summed E-state index contributed by atoms with van der Waals surface area (Å²) in [5.41, 5.74) is 2.95. The molecule has 0 aliphatic heterocycles. The van der Waals surface area contributed by atoms with Gasteiger partial charge in [0.25, 0.3) is 11.5 Å². The van der Waals surface area contributed by atoms with Crippen LogP contribution in [0.15, 0.2) is 41.2 Å². The Morgan fingerprint density at radius 1 is 1.35 bits per heavy atom. The van der Waals surface area contributed by atoms with E-state index < -0.39 is 11.5 Å². The van der Waals surface area contributed by atoms with Crippen LogP contribution in [0.1, 0.15) is 23.7 Å². The van der Waals surface area contributed by atoms with E-state index in [9.17, 15) is 9.59 Å². The number of carbonyl (C=O) groups excluding carboxylic acids is 1. The fourth-order valence-electron chi connectivity index (χ4n) is 1.90. The van der Waals surface area contributed by atoms with Crippen LogP contribution < -0.4 is 16.8 Å². The highest BCUT2D eigenvalue weighted by atomic mass is 16.2. The summed E-state index contributed by atoms with van der Waals surface area (Å²) in [6.07, 6.45) is 0.745. The first-order valence-corrected chi connectivity index (χ1v) is 6.36. The smallest absolute Gasteiger partial charge is 0.279 e. The fraction of sp³-hybridized carbons (Fsp3) is 0.214. The largest absolute Gasteiger partial charge is 0.290 e. The van der Waals surface area contributed by atoms with Crippen molar-refractivity contribution in [2.24, 2.45) is 5.84 Å². The molecule has 1 heterocycles. The molecule has 0 aliphatic rings. The monoisotopic (exact) mass is 272 g/mol. The van der Waals surface area contributed by atoms with E-state index in [4.69, 9.17) is 5.84 Å². The number of aromatic nitrogens is 2. The topological polar surface area (TPSA) is 90.0 Å². The van der Waals surface area contributed by atoms with Crippen molar-refractivity contribution in [1.29, 1.82) is 0 Å². The average Bonchev–Trinajstić information content (AvgIpc) is 2.49. The molecule has 0 spiro atoms. The van der Waals surface area contributed by atoms with Crippen molar-refractivity contribution in [1.82, 2.24) is 15.2 Å². The van der Waals surface area contributed by atoms with Crippen molar-refractivity contribution >= 4 is 5.91 Å². The van der Waals surface area contributed by atoms with Crippen LogP contribution in [0.25, 0.3) is 11.3 Å². The molecule has 0 saturated heterocycles. The van der Waals surface area contributed by atoms with Crippen LogP contribution in [0.5, 0.6) is 0 Å². The van der Waals surface area contributed by atoms with E-state index in [-0.39, 0.29) is 5.56 Å². The standard InChI is InChI=1S/C14H16N4O2/c1-2-8-18-14(20)11(13(19)16-15)9-12(17-18)10-6-4-3-5-7-10/h3-7,9H,2,8,15H2,1H3,(H,16,19). The summed E-state index contributed by atoms with van der Waals surface area (Å²) in [6, 6.07) is 10.8. The predicted molar refractivity (Wildman–Crippen MR) is 75.9 cm³/mol. The Bertz CT molecular complexity index is 665. The molecule has 20 heavy (non-hydrogen) atoms. The van der Waals surface area contributed by atoms with Crippen molar-refractivity contribution in [3.05, 3.63) is 52.3 Å². The van der Waals surface area contributed by atoms with Crippen LogP contribution in [0.3, 0.4) is 0 Å². The minimum Gasteiger partial charge on any atom is -0.290 e. The molecule has 0 aliphatic carbocycles. The highest BCUT2D eigenvalue weighted by Crippen LogP contribution is 2.15. The predicted octanol–water partition coefficient (Wildman–Crippen LogP) is 0.924. The molecule has 0 unspecified atom stereocenters. The minimum absolute atomic E-state index is 0.00481. The van der Waals surface area contributed by atoms with Gasteiger partial charge in [0.05, 0.1) is 5.69 Å². The van der Waals surface area contributed by atoms with E-state index in [1.54, 1.807) is 0 Å². The molecule has 3 N–H and O–H groups in total. The molecule has 6 nitrogen and oxygen atoms in total. The first kappa shape index (κ1) is 14.0. The van der Waals surface area contributed by atoms with Crippen molar-refractivity contribution in [3.63, 3.8) is 0 Å². The van der Waals surface area contributed by atoms with Crippen LogP contribution in [0.4, 0.5) is 0 Å². The molecule has 0 bridgehead atoms. The van der Waals surface area contributed by atoms with Gasteiger partial charge in [-0.3, -0.25) is 15.0 Å². The Kier molecular flexibility index (Phi) is 4.27. The zero-order chi connectivity index (χ0) is 14.5. The number of hydrogen-bond donors (Lipinski definition) is 2. The molecular formula is C14H16N4O2. The minimum atomic E-state index is -0.612. The molecule has 0 saturated carbocycles. The maximum Gasteiger partial charge on any atom is 0.279 e. The molecule has 6 heteroatoms. The van der Waals surface area contributed by atoms with E-state index >= 15 is 0 Å². The molecule has 104 valence electrons. The highest BCUT2D eigenvalue weighted by molar-refractivity contribution is 5.94. The van der Waals surface area contributed by atoms with E-state index in [1.807, 2.05) is 42.7 Å². The van der Waals surface area contributed by atoms with E-state index in [1.165, 1.54) is 10.7 Å². The van der Waals surface area contributed by atoms with E-state index in [0.717, 1.165) is 12.0 Å². The van der Waals surface area contributed by atoms with Gasteiger partial charge in [-0.15, -0.1) is 0 Å². The van der Waals surface area contributed by atoms with Gasteiger partial charge in [-0.05, 0) is 12.5 Å². The second-order valence-electron chi connectivity index (χ2n) is 4.31. The summed E-state index contributed by atoms with van der Waals surface area (Å²) in [5.74, 6) is 4.51. The number of nitrogens with one attached hydrogen (secondary N) is 1. The van der Waals surface area contributed by atoms with Gasteiger partial charge in [-0.25, -0.2) is 10.5 Å². The maximum absolute atomic E-state index is 12.1. The second-order valence-corrected chi connectivity index (χ2v) is 4.31. The Morgan fingerprint density at radius 3 is 2.65 bits per heavy atom. The third-order valence-electron chi connectivity index (χ3n) is 2.86. The van der Waals surface area contributed by atoms with Crippen LogP contribution >= 0.6 is 0 Å². The van der Waals surface area contributed by atoms with Crippen molar-refractivity contribution in [2.75, 3.05) is 0 Å². The maximum atomic E-state index is 12.1. The van der Waals surface area contributed by atoms with Gasteiger partial charge in [-0.2, -0.15) is 5.10 Å². The van der Waals surface area contributed by atoms with Crippen LogP contribution in [-0.2, 0) is 6.54 Å². The van der Waals surface area contributed by atoms with E-state index in [0.29, 0.717) is 12.2 Å². The molecule has 2 aromatic rings. The molecule has 2 rings (SSSR count). The third kappa shape index (κ3) is 2.75. The average molecular weight is 272 g/mol. The number of nitrogens with zero attached hydrogens (tertiary/aromatic N) is 2. The number of amides is 1. The van der Waals surface area contributed by atoms with Gasteiger partial charge in [0.1, 0.15) is 5.56 Å². The first-order valence-electron chi connectivity index (χ1n) is 6.36. The highest BCUT2D eigenvalue weighted by Gasteiger charge is 2.15. The van der Waals surface area contributed by atoms with E-state index in [2.05, 4.69) is 5.10 Å². The second kappa shape index (κ2) is 6.12. The SMILES string of the molecule is CCCn1nc(-c2ccccc2)cc(C(=O)NN)c1=O. The number of carbonyl (C=O) groups is 1. The van der Waals surface area contributed by atoms with Crippen LogP contribution in [-0.4, -0.2) is 15.7 Å². The van der Waals surface area contributed by atoms with Gasteiger partial charge in [-0.1, -0.05) is 37.3 Å². The summed E-state index contributed by atoms with van der Waals surface area (Å²) in [5, 5.41) is 4.29. The Hall–Kier alpha value is -2.47. The summed E-state index contributed by atoms with van der Waals surface area (Å²) in [6.45, 7) is 2.39. The molecule has 0 fully saturated rings. The number of rotatable bonds is 4. The number of hydrogen-bond acceptors (Lipinski definition) is 4. The summed E-state index contributed by atoms with van der Waals surface area (Å²) >= 11 is 0. The van der Waals surface area contributed by atoms with Gasteiger partial charge < -0.3 is 0 Å². The summed E-state index contributed by atoms with van der Waals surface area (Å²) in [4.78, 5) is 23.8. The normalized spacial score (nSPS) is 10.3. The lowest BCUT2D eigenvalue weighted by Gasteiger charge is -2.09. The lowest BCUT2D eigenvalue weighted by atomic mass is 10.1. The van der Waals surface area contributed by atoms with Gasteiger partial charge >= 0.3 is 0 Å². The Labute approximate surface area is 116 Å². The van der Waals surface area contributed by atoms with Crippen molar-refractivity contribution in [2.45, 2.75) is 19.9 Å². The quantitative estimate of drug-likeness (QED) is 0.492. The van der Waals surface area contributed by atoms with Crippen molar-refractivity contribution < 1.29 is 4.79 Å². The number of aryl methyl sites for hydroxylation is 1. The Balaban J connectivity index is 2.62. The fourth-order valence-corrected chi connectivity index (χ4v) is 1.90. The van der Waals surface area contributed by atoms with Gasteiger partial charge in [0.15, 0.2) is 0 Å². The van der Waals surface area contributed by atoms with Crippen LogP contribution in [0, 0.1) is 0 Å². The lowest BCUT2D eigenvalue weighted by molar-refractivity contribution is 0.0951. The van der Waals surface area contributed by atoms with Crippen LogP contribution in [0.2, 0.25) is 0 Å². The zero-order valence-electron chi connectivity index (χ0n) is 11.2.